The Morgan fingerprint density at radius 2 is 2.50 bits per heavy atom. The first-order valence-electron chi connectivity index (χ1n) is 3.81. The first-order valence-corrected chi connectivity index (χ1v) is 4.60. The predicted molar refractivity (Wildman–Crippen MR) is 50.7 cm³/mol. The Morgan fingerprint density at radius 3 is 3.33 bits per heavy atom. The maximum absolute atomic E-state index is 5.38. The molecule has 0 spiro atoms. The normalized spacial score (nSPS) is 14.5. The summed E-state index contributed by atoms with van der Waals surface area (Å²) < 4.78 is 6.20. The number of nitrogens with zero attached hydrogens (tertiary/aromatic N) is 1. The molecule has 0 fully saturated rings. The SMILES string of the molecule is Cc1cc(Br)nc2c1NCCO2. The smallest absolute Gasteiger partial charge is 0.238 e. The van der Waals surface area contributed by atoms with Gasteiger partial charge < -0.3 is 10.1 Å². The van der Waals surface area contributed by atoms with E-state index in [2.05, 4.69) is 26.2 Å². The van der Waals surface area contributed by atoms with Crippen LogP contribution in [0.25, 0.3) is 0 Å². The minimum atomic E-state index is 0.690. The minimum absolute atomic E-state index is 0.690. The molecule has 3 nitrogen and oxygen atoms in total. The lowest BCUT2D eigenvalue weighted by molar-refractivity contribution is 0.309. The number of hydrogen-bond donors (Lipinski definition) is 1. The van der Waals surface area contributed by atoms with Gasteiger partial charge in [0, 0.05) is 6.54 Å². The molecule has 64 valence electrons. The van der Waals surface area contributed by atoms with E-state index in [9.17, 15) is 0 Å². The summed E-state index contributed by atoms with van der Waals surface area (Å²) in [5.41, 5.74) is 2.18. The van der Waals surface area contributed by atoms with Crippen LogP contribution in [0.5, 0.6) is 5.88 Å². The fourth-order valence-corrected chi connectivity index (χ4v) is 1.75. The molecule has 0 radical (unpaired) electrons. The molecule has 0 saturated carbocycles. The Balaban J connectivity index is 2.53. The van der Waals surface area contributed by atoms with Crippen molar-refractivity contribution in [3.63, 3.8) is 0 Å². The van der Waals surface area contributed by atoms with Crippen molar-refractivity contribution < 1.29 is 4.74 Å². The van der Waals surface area contributed by atoms with Gasteiger partial charge in [-0.2, -0.15) is 0 Å². The van der Waals surface area contributed by atoms with Crippen LogP contribution in [0, 0.1) is 6.92 Å². The summed E-state index contributed by atoms with van der Waals surface area (Å²) >= 11 is 3.32. The highest BCUT2D eigenvalue weighted by Gasteiger charge is 2.13. The quantitative estimate of drug-likeness (QED) is 0.690. The molecule has 1 N–H and O–H groups in total. The number of fused-ring (bicyclic) bond motifs is 1. The average Bonchev–Trinajstić information content (AvgIpc) is 2.04. The van der Waals surface area contributed by atoms with E-state index in [0.717, 1.165) is 22.4 Å². The minimum Gasteiger partial charge on any atom is -0.474 e. The van der Waals surface area contributed by atoms with Crippen LogP contribution in [0.2, 0.25) is 0 Å². The molecule has 1 aliphatic rings. The number of pyridine rings is 1. The molecule has 1 aromatic rings. The Bertz CT molecular complexity index is 314. The van der Waals surface area contributed by atoms with Gasteiger partial charge in [-0.25, -0.2) is 4.98 Å². The lowest BCUT2D eigenvalue weighted by Crippen LogP contribution is -2.19. The zero-order chi connectivity index (χ0) is 8.55. The average molecular weight is 229 g/mol. The van der Waals surface area contributed by atoms with Crippen LogP contribution in [0.15, 0.2) is 10.7 Å². The molecule has 0 bridgehead atoms. The van der Waals surface area contributed by atoms with E-state index in [1.807, 2.05) is 13.0 Å². The van der Waals surface area contributed by atoms with Crippen molar-refractivity contribution in [2.24, 2.45) is 0 Å². The second kappa shape index (κ2) is 2.94. The van der Waals surface area contributed by atoms with Gasteiger partial charge in [-0.1, -0.05) is 0 Å². The third-order valence-corrected chi connectivity index (χ3v) is 2.20. The van der Waals surface area contributed by atoms with Crippen LogP contribution >= 0.6 is 15.9 Å². The van der Waals surface area contributed by atoms with Gasteiger partial charge >= 0.3 is 0 Å². The highest BCUT2D eigenvalue weighted by atomic mass is 79.9. The summed E-state index contributed by atoms with van der Waals surface area (Å²) in [6.07, 6.45) is 0. The number of nitrogens with one attached hydrogen (secondary N) is 1. The van der Waals surface area contributed by atoms with Crippen LogP contribution in [0.3, 0.4) is 0 Å². The van der Waals surface area contributed by atoms with Gasteiger partial charge in [-0.3, -0.25) is 0 Å². The largest absolute Gasteiger partial charge is 0.474 e. The molecular formula is C8H9BrN2O. The standard InChI is InChI=1S/C8H9BrN2O/c1-5-4-6(9)11-8-7(5)10-2-3-12-8/h4,10H,2-3H2,1H3. The maximum atomic E-state index is 5.38. The van der Waals surface area contributed by atoms with E-state index < -0.39 is 0 Å². The molecule has 0 aromatic carbocycles. The van der Waals surface area contributed by atoms with Gasteiger partial charge in [-0.05, 0) is 34.5 Å². The van der Waals surface area contributed by atoms with Crippen LogP contribution in [0.1, 0.15) is 5.56 Å². The highest BCUT2D eigenvalue weighted by Crippen LogP contribution is 2.30. The van der Waals surface area contributed by atoms with Crippen LogP contribution in [0.4, 0.5) is 5.69 Å². The molecule has 0 amide bonds. The summed E-state index contributed by atoms with van der Waals surface area (Å²) in [4.78, 5) is 4.21. The van der Waals surface area contributed by atoms with E-state index in [1.54, 1.807) is 0 Å². The van der Waals surface area contributed by atoms with Gasteiger partial charge in [-0.15, -0.1) is 0 Å². The van der Waals surface area contributed by atoms with E-state index in [-0.39, 0.29) is 0 Å². The van der Waals surface area contributed by atoms with Gasteiger partial charge in [0.05, 0.1) is 0 Å². The number of halogens is 1. The fourth-order valence-electron chi connectivity index (χ4n) is 1.25. The highest BCUT2D eigenvalue weighted by molar-refractivity contribution is 9.10. The van der Waals surface area contributed by atoms with Crippen molar-refractivity contribution in [2.75, 3.05) is 18.5 Å². The molecule has 4 heteroatoms. The number of rotatable bonds is 0. The molecule has 0 saturated heterocycles. The lowest BCUT2D eigenvalue weighted by atomic mass is 10.2. The molecule has 0 atom stereocenters. The molecule has 2 heterocycles. The molecule has 1 aliphatic heterocycles. The van der Waals surface area contributed by atoms with Crippen molar-refractivity contribution >= 4 is 21.6 Å². The molecule has 0 aliphatic carbocycles. The number of anilines is 1. The summed E-state index contributed by atoms with van der Waals surface area (Å²) in [5, 5.41) is 3.25. The number of hydrogen-bond acceptors (Lipinski definition) is 3. The van der Waals surface area contributed by atoms with Gasteiger partial charge in [0.1, 0.15) is 16.9 Å². The second-order valence-electron chi connectivity index (χ2n) is 2.72. The van der Waals surface area contributed by atoms with Gasteiger partial charge in [0.2, 0.25) is 5.88 Å². The summed E-state index contributed by atoms with van der Waals surface area (Å²) in [5.74, 6) is 0.702. The Morgan fingerprint density at radius 1 is 1.67 bits per heavy atom. The third-order valence-electron chi connectivity index (χ3n) is 1.79. The Hall–Kier alpha value is -0.770. The number of aryl methyl sites for hydroxylation is 1. The maximum Gasteiger partial charge on any atom is 0.238 e. The zero-order valence-electron chi connectivity index (χ0n) is 6.72. The molecular weight excluding hydrogens is 220 g/mol. The number of ether oxygens (including phenoxy) is 1. The molecule has 2 rings (SSSR count). The molecule has 1 aromatic heterocycles. The van der Waals surface area contributed by atoms with Crippen molar-refractivity contribution in [2.45, 2.75) is 6.92 Å². The van der Waals surface area contributed by atoms with Gasteiger partial charge in [0.25, 0.3) is 0 Å². The first kappa shape index (κ1) is 7.86. The summed E-state index contributed by atoms with van der Waals surface area (Å²) in [6.45, 7) is 3.58. The van der Waals surface area contributed by atoms with Crippen LogP contribution in [-0.2, 0) is 0 Å². The molecule has 0 unspecified atom stereocenters. The van der Waals surface area contributed by atoms with E-state index in [4.69, 9.17) is 4.74 Å². The van der Waals surface area contributed by atoms with Crippen LogP contribution < -0.4 is 10.1 Å². The van der Waals surface area contributed by atoms with Crippen molar-refractivity contribution in [3.05, 3.63) is 16.2 Å². The zero-order valence-corrected chi connectivity index (χ0v) is 8.31. The summed E-state index contributed by atoms with van der Waals surface area (Å²) in [7, 11) is 0. The first-order chi connectivity index (χ1) is 5.77. The summed E-state index contributed by atoms with van der Waals surface area (Å²) in [6, 6.07) is 1.97. The number of aromatic nitrogens is 1. The van der Waals surface area contributed by atoms with Crippen molar-refractivity contribution in [1.29, 1.82) is 0 Å². The topological polar surface area (TPSA) is 34.2 Å². The Kier molecular flexibility index (Phi) is 1.92. The lowest BCUT2D eigenvalue weighted by Gasteiger charge is -2.19. The Labute approximate surface area is 79.3 Å². The van der Waals surface area contributed by atoms with E-state index >= 15 is 0 Å². The van der Waals surface area contributed by atoms with Crippen molar-refractivity contribution in [1.82, 2.24) is 4.98 Å². The van der Waals surface area contributed by atoms with Crippen LogP contribution in [-0.4, -0.2) is 18.1 Å². The third kappa shape index (κ3) is 1.27. The second-order valence-corrected chi connectivity index (χ2v) is 3.53. The van der Waals surface area contributed by atoms with E-state index in [1.165, 1.54) is 0 Å². The monoisotopic (exact) mass is 228 g/mol. The van der Waals surface area contributed by atoms with Crippen molar-refractivity contribution in [3.8, 4) is 5.88 Å². The van der Waals surface area contributed by atoms with E-state index in [0.29, 0.717) is 12.5 Å². The fraction of sp³-hybridized carbons (Fsp3) is 0.375. The molecule has 12 heavy (non-hydrogen) atoms. The van der Waals surface area contributed by atoms with Gasteiger partial charge in [0.15, 0.2) is 0 Å². The predicted octanol–water partition coefficient (Wildman–Crippen LogP) is 1.96.